The molecule has 1 saturated carbocycles. The predicted octanol–water partition coefficient (Wildman–Crippen LogP) is 5.46. The highest BCUT2D eigenvalue weighted by Gasteiger charge is 2.35. The van der Waals surface area contributed by atoms with Gasteiger partial charge in [-0.3, -0.25) is 4.90 Å². The van der Waals surface area contributed by atoms with E-state index in [0.717, 1.165) is 30.0 Å². The second-order valence-electron chi connectivity index (χ2n) is 8.20. The van der Waals surface area contributed by atoms with E-state index >= 15 is 0 Å². The maximum atomic E-state index is 14.2. The van der Waals surface area contributed by atoms with E-state index in [2.05, 4.69) is 4.90 Å². The van der Waals surface area contributed by atoms with Gasteiger partial charge in [-0.25, -0.2) is 9.18 Å². The van der Waals surface area contributed by atoms with Crippen LogP contribution in [-0.2, 0) is 12.7 Å². The van der Waals surface area contributed by atoms with Crippen LogP contribution in [0, 0.1) is 5.82 Å². The largest absolute Gasteiger partial charge is 0.490 e. The van der Waals surface area contributed by atoms with E-state index in [1.165, 1.54) is 30.3 Å². The van der Waals surface area contributed by atoms with Crippen LogP contribution in [-0.4, -0.2) is 35.2 Å². The standard InChI is InChI=1S/C23H23F4NO3/c24-20-11-15(17(14-5-6-14)12-18(20)22(29)30)13-28-9-7-16(8-10-28)31-21-4-2-1-3-19(21)23(25,26)27/h1-4,11-12,14,16H,5-10,13H2,(H,29,30). The van der Waals surface area contributed by atoms with E-state index < -0.39 is 23.5 Å². The van der Waals surface area contributed by atoms with Gasteiger partial charge in [-0.2, -0.15) is 13.2 Å². The number of halogens is 4. The number of piperidine rings is 1. The van der Waals surface area contributed by atoms with E-state index in [-0.39, 0.29) is 23.3 Å². The minimum Gasteiger partial charge on any atom is -0.490 e. The number of para-hydroxylation sites is 1. The van der Waals surface area contributed by atoms with E-state index in [4.69, 9.17) is 4.74 Å². The number of ether oxygens (including phenoxy) is 1. The van der Waals surface area contributed by atoms with Gasteiger partial charge in [-0.15, -0.1) is 0 Å². The average molecular weight is 437 g/mol. The number of carbonyl (C=O) groups is 1. The Morgan fingerprint density at radius 3 is 2.39 bits per heavy atom. The van der Waals surface area contributed by atoms with Gasteiger partial charge in [0.25, 0.3) is 0 Å². The third-order valence-corrected chi connectivity index (χ3v) is 5.89. The van der Waals surface area contributed by atoms with Gasteiger partial charge in [-0.05, 0) is 67.0 Å². The zero-order chi connectivity index (χ0) is 22.2. The number of carboxylic acid groups (broad SMARTS) is 1. The summed E-state index contributed by atoms with van der Waals surface area (Å²) in [4.78, 5) is 13.4. The van der Waals surface area contributed by atoms with Crippen molar-refractivity contribution in [3.63, 3.8) is 0 Å². The van der Waals surface area contributed by atoms with Gasteiger partial charge < -0.3 is 9.84 Å². The van der Waals surface area contributed by atoms with Crippen molar-refractivity contribution < 1.29 is 32.2 Å². The third-order valence-electron chi connectivity index (χ3n) is 5.89. The topological polar surface area (TPSA) is 49.8 Å². The Morgan fingerprint density at radius 1 is 1.10 bits per heavy atom. The summed E-state index contributed by atoms with van der Waals surface area (Å²) in [6.45, 7) is 1.69. The van der Waals surface area contributed by atoms with Crippen LogP contribution >= 0.6 is 0 Å². The first-order valence-electron chi connectivity index (χ1n) is 10.3. The third kappa shape index (κ3) is 5.01. The van der Waals surface area contributed by atoms with Crippen molar-refractivity contribution in [2.24, 2.45) is 0 Å². The Morgan fingerprint density at radius 2 is 1.77 bits per heavy atom. The van der Waals surface area contributed by atoms with Crippen LogP contribution in [0.3, 0.4) is 0 Å². The van der Waals surface area contributed by atoms with Gasteiger partial charge in [0.05, 0.1) is 11.1 Å². The second-order valence-corrected chi connectivity index (χ2v) is 8.20. The summed E-state index contributed by atoms with van der Waals surface area (Å²) in [7, 11) is 0. The van der Waals surface area contributed by atoms with Gasteiger partial charge >= 0.3 is 12.1 Å². The number of rotatable bonds is 6. The molecule has 0 aromatic heterocycles. The first-order valence-corrected chi connectivity index (χ1v) is 10.3. The van der Waals surface area contributed by atoms with Crippen molar-refractivity contribution in [1.29, 1.82) is 0 Å². The Bertz CT molecular complexity index is 964. The van der Waals surface area contributed by atoms with Crippen LogP contribution in [0.15, 0.2) is 36.4 Å². The number of aromatic carboxylic acids is 1. The molecule has 2 aromatic carbocycles. The normalized spacial score (nSPS) is 18.2. The Kier molecular flexibility index (Phi) is 5.92. The summed E-state index contributed by atoms with van der Waals surface area (Å²) in [6, 6.07) is 7.98. The summed E-state index contributed by atoms with van der Waals surface area (Å²) in [6.07, 6.45) is -1.75. The van der Waals surface area contributed by atoms with Crippen molar-refractivity contribution in [1.82, 2.24) is 4.90 Å². The lowest BCUT2D eigenvalue weighted by Crippen LogP contribution is -2.38. The molecule has 4 rings (SSSR count). The molecule has 1 aliphatic heterocycles. The zero-order valence-corrected chi connectivity index (χ0v) is 16.8. The molecule has 0 amide bonds. The van der Waals surface area contributed by atoms with Gasteiger partial charge in [0.15, 0.2) is 0 Å². The van der Waals surface area contributed by atoms with Crippen LogP contribution in [0.25, 0.3) is 0 Å². The van der Waals surface area contributed by atoms with Crippen LogP contribution < -0.4 is 4.74 Å². The minimum absolute atomic E-state index is 0.157. The summed E-state index contributed by atoms with van der Waals surface area (Å²) in [5, 5.41) is 9.19. The maximum Gasteiger partial charge on any atom is 0.419 e. The lowest BCUT2D eigenvalue weighted by Gasteiger charge is -2.33. The highest BCUT2D eigenvalue weighted by atomic mass is 19.4. The fourth-order valence-electron chi connectivity index (χ4n) is 4.12. The van der Waals surface area contributed by atoms with Crippen LogP contribution in [0.4, 0.5) is 17.6 Å². The molecule has 0 atom stereocenters. The fourth-order valence-corrected chi connectivity index (χ4v) is 4.12. The molecule has 2 fully saturated rings. The molecular weight excluding hydrogens is 414 g/mol. The molecule has 1 N–H and O–H groups in total. The SMILES string of the molecule is O=C(O)c1cc(C2CC2)c(CN2CCC(Oc3ccccc3C(F)(F)F)CC2)cc1F. The van der Waals surface area contributed by atoms with Crippen molar-refractivity contribution in [3.05, 3.63) is 64.5 Å². The van der Waals surface area contributed by atoms with Crippen molar-refractivity contribution in [2.75, 3.05) is 13.1 Å². The number of hydrogen-bond acceptors (Lipinski definition) is 3. The molecular formula is C23H23F4NO3. The molecule has 1 aliphatic carbocycles. The van der Waals surface area contributed by atoms with E-state index in [1.54, 1.807) is 0 Å². The highest BCUT2D eigenvalue weighted by molar-refractivity contribution is 5.88. The van der Waals surface area contributed by atoms with E-state index in [1.807, 2.05) is 0 Å². The Hall–Kier alpha value is -2.61. The molecule has 1 heterocycles. The predicted molar refractivity (Wildman–Crippen MR) is 106 cm³/mol. The molecule has 1 saturated heterocycles. The molecule has 2 aromatic rings. The van der Waals surface area contributed by atoms with Crippen molar-refractivity contribution in [2.45, 2.75) is 50.4 Å². The molecule has 0 radical (unpaired) electrons. The number of benzene rings is 2. The van der Waals surface area contributed by atoms with Gasteiger partial charge in [0.2, 0.25) is 0 Å². The maximum absolute atomic E-state index is 14.2. The molecule has 2 aliphatic rings. The van der Waals surface area contributed by atoms with Crippen molar-refractivity contribution in [3.8, 4) is 5.75 Å². The minimum atomic E-state index is -4.47. The summed E-state index contributed by atoms with van der Waals surface area (Å²) in [5.41, 5.74) is 0.588. The Labute approximate surface area is 177 Å². The monoisotopic (exact) mass is 437 g/mol. The first-order chi connectivity index (χ1) is 14.7. The molecule has 4 nitrogen and oxygen atoms in total. The Balaban J connectivity index is 1.41. The van der Waals surface area contributed by atoms with Crippen LogP contribution in [0.1, 0.15) is 58.6 Å². The summed E-state index contributed by atoms with van der Waals surface area (Å²) in [5.74, 6) is -1.90. The molecule has 31 heavy (non-hydrogen) atoms. The fraction of sp³-hybridized carbons (Fsp3) is 0.435. The number of alkyl halides is 3. The molecule has 0 bridgehead atoms. The van der Waals surface area contributed by atoms with Crippen LogP contribution in [0.2, 0.25) is 0 Å². The van der Waals surface area contributed by atoms with Crippen molar-refractivity contribution >= 4 is 5.97 Å². The molecule has 0 spiro atoms. The molecule has 166 valence electrons. The summed E-state index contributed by atoms with van der Waals surface area (Å²) < 4.78 is 59.4. The first kappa shape index (κ1) is 21.6. The number of hydrogen-bond donors (Lipinski definition) is 1. The summed E-state index contributed by atoms with van der Waals surface area (Å²) >= 11 is 0. The number of likely N-dealkylation sites (tertiary alicyclic amines) is 1. The van der Waals surface area contributed by atoms with Gasteiger partial charge in [0.1, 0.15) is 17.7 Å². The number of nitrogens with zero attached hydrogens (tertiary/aromatic N) is 1. The molecule has 8 heteroatoms. The highest BCUT2D eigenvalue weighted by Crippen LogP contribution is 2.43. The van der Waals surface area contributed by atoms with E-state index in [9.17, 15) is 27.5 Å². The second kappa shape index (κ2) is 8.49. The quantitative estimate of drug-likeness (QED) is 0.610. The molecule has 0 unspecified atom stereocenters. The lowest BCUT2D eigenvalue weighted by molar-refractivity contribution is -0.139. The zero-order valence-electron chi connectivity index (χ0n) is 16.8. The lowest BCUT2D eigenvalue weighted by atomic mass is 9.98. The van der Waals surface area contributed by atoms with Gasteiger partial charge in [0, 0.05) is 19.6 Å². The van der Waals surface area contributed by atoms with Crippen LogP contribution in [0.5, 0.6) is 5.75 Å². The average Bonchev–Trinajstić information content (AvgIpc) is 3.54. The van der Waals surface area contributed by atoms with Gasteiger partial charge in [-0.1, -0.05) is 12.1 Å². The smallest absolute Gasteiger partial charge is 0.419 e. The number of carboxylic acids is 1. The van der Waals surface area contributed by atoms with E-state index in [0.29, 0.717) is 32.5 Å².